The average Bonchev–Trinajstić information content (AvgIpc) is 3.05. The van der Waals surface area contributed by atoms with E-state index in [2.05, 4.69) is 5.10 Å². The van der Waals surface area contributed by atoms with Crippen LogP contribution in [0.1, 0.15) is 17.2 Å². The maximum Gasteiger partial charge on any atom is 0.350 e. The number of pyridine rings is 1. The van der Waals surface area contributed by atoms with E-state index in [0.717, 1.165) is 11.1 Å². The molecule has 4 aromatic rings. The lowest BCUT2D eigenvalue weighted by Gasteiger charge is -2.29. The van der Waals surface area contributed by atoms with Crippen LogP contribution in [-0.4, -0.2) is 32.0 Å². The Kier molecular flexibility index (Phi) is 4.76. The Morgan fingerprint density at radius 3 is 2.07 bits per heavy atom. The third kappa shape index (κ3) is 3.32. The lowest BCUT2D eigenvalue weighted by molar-refractivity contribution is -0.132. The molecule has 28 heavy (non-hydrogen) atoms. The summed E-state index contributed by atoms with van der Waals surface area (Å²) in [6, 6.07) is 24.8. The van der Waals surface area contributed by atoms with Gasteiger partial charge in [-0.3, -0.25) is 9.20 Å². The predicted octanol–water partition coefficient (Wildman–Crippen LogP) is 2.74. The molecule has 2 aromatic heterocycles. The zero-order valence-electron chi connectivity index (χ0n) is 15.5. The predicted molar refractivity (Wildman–Crippen MR) is 107 cm³/mol. The van der Waals surface area contributed by atoms with Gasteiger partial charge in [-0.15, -0.1) is 5.10 Å². The summed E-state index contributed by atoms with van der Waals surface area (Å²) in [7, 11) is 1.76. The molecule has 2 heterocycles. The highest BCUT2D eigenvalue weighted by atomic mass is 16.2. The molecule has 2 aromatic carbocycles. The van der Waals surface area contributed by atoms with Crippen molar-refractivity contribution in [2.24, 2.45) is 0 Å². The molecule has 0 radical (unpaired) electrons. The molecule has 0 N–H and O–H groups in total. The second kappa shape index (κ2) is 7.52. The molecule has 1 amide bonds. The summed E-state index contributed by atoms with van der Waals surface area (Å²) < 4.78 is 2.64. The van der Waals surface area contributed by atoms with Crippen LogP contribution in [0.4, 0.5) is 0 Å². The molecule has 0 unspecified atom stereocenters. The SMILES string of the molecule is CN(C(=O)Cn1nc2ccccn2c1=O)C(c1ccccc1)c1ccccc1. The molecule has 6 nitrogen and oxygen atoms in total. The summed E-state index contributed by atoms with van der Waals surface area (Å²) in [6.45, 7) is -0.118. The first-order chi connectivity index (χ1) is 13.6. The first-order valence-corrected chi connectivity index (χ1v) is 9.05. The summed E-state index contributed by atoms with van der Waals surface area (Å²) in [5, 5.41) is 4.26. The normalized spacial score (nSPS) is 11.1. The van der Waals surface area contributed by atoms with E-state index in [1.807, 2.05) is 60.7 Å². The fourth-order valence-corrected chi connectivity index (χ4v) is 3.37. The van der Waals surface area contributed by atoms with Crippen molar-refractivity contribution in [2.75, 3.05) is 7.05 Å². The number of nitrogens with zero attached hydrogens (tertiary/aromatic N) is 4. The highest BCUT2D eigenvalue weighted by molar-refractivity contribution is 5.76. The standard InChI is InChI=1S/C22H20N4O2/c1-24(20(27)16-26-22(28)25-15-9-8-14-19(25)23-26)21(17-10-4-2-5-11-17)18-12-6-3-7-13-18/h2-15,21H,16H2,1H3. The van der Waals surface area contributed by atoms with Crippen molar-refractivity contribution in [2.45, 2.75) is 12.6 Å². The van der Waals surface area contributed by atoms with Crippen molar-refractivity contribution < 1.29 is 4.79 Å². The topological polar surface area (TPSA) is 59.6 Å². The Labute approximate surface area is 162 Å². The van der Waals surface area contributed by atoms with E-state index in [0.29, 0.717) is 5.65 Å². The fraction of sp³-hybridized carbons (Fsp3) is 0.136. The molecule has 0 aliphatic carbocycles. The van der Waals surface area contributed by atoms with Crippen molar-refractivity contribution in [3.05, 3.63) is 107 Å². The van der Waals surface area contributed by atoms with Crippen LogP contribution in [0.3, 0.4) is 0 Å². The quantitative estimate of drug-likeness (QED) is 0.541. The van der Waals surface area contributed by atoms with Gasteiger partial charge in [-0.2, -0.15) is 0 Å². The molecule has 0 fully saturated rings. The zero-order valence-corrected chi connectivity index (χ0v) is 15.5. The van der Waals surface area contributed by atoms with Crippen LogP contribution >= 0.6 is 0 Å². The smallest absolute Gasteiger partial charge is 0.333 e. The Bertz CT molecular complexity index is 1110. The van der Waals surface area contributed by atoms with E-state index in [1.54, 1.807) is 36.3 Å². The van der Waals surface area contributed by atoms with Crippen molar-refractivity contribution in [1.29, 1.82) is 0 Å². The van der Waals surface area contributed by atoms with E-state index < -0.39 is 0 Å². The van der Waals surface area contributed by atoms with Crippen LogP contribution in [-0.2, 0) is 11.3 Å². The fourth-order valence-electron chi connectivity index (χ4n) is 3.37. The summed E-state index contributed by atoms with van der Waals surface area (Å²) >= 11 is 0. The van der Waals surface area contributed by atoms with Crippen LogP contribution < -0.4 is 5.69 Å². The summed E-state index contributed by atoms with van der Waals surface area (Å²) in [6.07, 6.45) is 1.64. The Morgan fingerprint density at radius 1 is 0.929 bits per heavy atom. The van der Waals surface area contributed by atoms with Crippen molar-refractivity contribution in [1.82, 2.24) is 19.1 Å². The largest absolute Gasteiger partial charge is 0.350 e. The molecular formula is C22H20N4O2. The van der Waals surface area contributed by atoms with Gasteiger partial charge < -0.3 is 4.90 Å². The van der Waals surface area contributed by atoms with Crippen LogP contribution in [0.15, 0.2) is 89.9 Å². The van der Waals surface area contributed by atoms with E-state index in [9.17, 15) is 9.59 Å². The van der Waals surface area contributed by atoms with Gasteiger partial charge in [0.1, 0.15) is 6.54 Å². The van der Waals surface area contributed by atoms with E-state index >= 15 is 0 Å². The highest BCUT2D eigenvalue weighted by Gasteiger charge is 2.24. The monoisotopic (exact) mass is 372 g/mol. The van der Waals surface area contributed by atoms with Gasteiger partial charge in [-0.05, 0) is 23.3 Å². The van der Waals surface area contributed by atoms with Crippen LogP contribution in [0.2, 0.25) is 0 Å². The van der Waals surface area contributed by atoms with Crippen LogP contribution in [0.5, 0.6) is 0 Å². The molecule has 0 bridgehead atoms. The molecule has 6 heteroatoms. The van der Waals surface area contributed by atoms with E-state index in [4.69, 9.17) is 0 Å². The Morgan fingerprint density at radius 2 is 1.50 bits per heavy atom. The second-order valence-electron chi connectivity index (χ2n) is 6.60. The zero-order chi connectivity index (χ0) is 19.5. The lowest BCUT2D eigenvalue weighted by Crippen LogP contribution is -2.37. The second-order valence-corrected chi connectivity index (χ2v) is 6.60. The highest BCUT2D eigenvalue weighted by Crippen LogP contribution is 2.27. The molecular weight excluding hydrogens is 352 g/mol. The maximum absolute atomic E-state index is 13.0. The number of aromatic nitrogens is 3. The first-order valence-electron chi connectivity index (χ1n) is 9.05. The van der Waals surface area contributed by atoms with Gasteiger partial charge in [0.15, 0.2) is 5.65 Å². The van der Waals surface area contributed by atoms with Gasteiger partial charge in [-0.25, -0.2) is 9.48 Å². The van der Waals surface area contributed by atoms with Gasteiger partial charge >= 0.3 is 5.69 Å². The number of amides is 1. The molecule has 140 valence electrons. The number of hydrogen-bond donors (Lipinski definition) is 0. The minimum Gasteiger partial charge on any atom is -0.333 e. The molecule has 0 aliphatic rings. The van der Waals surface area contributed by atoms with Gasteiger partial charge in [-0.1, -0.05) is 66.7 Å². The molecule has 4 rings (SSSR count). The van der Waals surface area contributed by atoms with Gasteiger partial charge in [0.25, 0.3) is 0 Å². The number of carbonyl (C=O) groups excluding carboxylic acids is 1. The van der Waals surface area contributed by atoms with Gasteiger partial charge in [0.05, 0.1) is 6.04 Å². The number of likely N-dealkylation sites (N-methyl/N-ethyl adjacent to an activating group) is 1. The minimum atomic E-state index is -0.326. The van der Waals surface area contributed by atoms with Crippen molar-refractivity contribution in [3.8, 4) is 0 Å². The third-order valence-electron chi connectivity index (χ3n) is 4.78. The number of benzene rings is 2. The Hall–Kier alpha value is -3.67. The molecule has 0 saturated carbocycles. The number of carbonyl (C=O) groups is 1. The number of rotatable bonds is 5. The van der Waals surface area contributed by atoms with Crippen LogP contribution in [0, 0.1) is 0 Å². The molecule has 0 atom stereocenters. The summed E-state index contributed by atoms with van der Waals surface area (Å²) in [5.41, 5.74) is 2.21. The molecule has 0 aliphatic heterocycles. The van der Waals surface area contributed by atoms with Crippen molar-refractivity contribution in [3.63, 3.8) is 0 Å². The number of hydrogen-bond acceptors (Lipinski definition) is 3. The maximum atomic E-state index is 13.0. The van der Waals surface area contributed by atoms with Gasteiger partial charge in [0, 0.05) is 13.2 Å². The van der Waals surface area contributed by atoms with Gasteiger partial charge in [0.2, 0.25) is 5.91 Å². The van der Waals surface area contributed by atoms with Crippen molar-refractivity contribution >= 4 is 11.6 Å². The van der Waals surface area contributed by atoms with Crippen LogP contribution in [0.25, 0.3) is 5.65 Å². The lowest BCUT2D eigenvalue weighted by atomic mass is 9.97. The summed E-state index contributed by atoms with van der Waals surface area (Å²) in [5.74, 6) is -0.191. The number of fused-ring (bicyclic) bond motifs is 1. The molecule has 0 spiro atoms. The molecule has 0 saturated heterocycles. The third-order valence-corrected chi connectivity index (χ3v) is 4.78. The first kappa shape index (κ1) is 17.7. The van der Waals surface area contributed by atoms with E-state index in [-0.39, 0.29) is 24.2 Å². The van der Waals surface area contributed by atoms with E-state index in [1.165, 1.54) is 9.08 Å². The minimum absolute atomic E-state index is 0.118. The Balaban J connectivity index is 1.66. The summed E-state index contributed by atoms with van der Waals surface area (Å²) in [4.78, 5) is 27.2. The average molecular weight is 372 g/mol.